The van der Waals surface area contributed by atoms with Crippen LogP contribution in [0.3, 0.4) is 0 Å². The highest BCUT2D eigenvalue weighted by atomic mass is 16.3. The summed E-state index contributed by atoms with van der Waals surface area (Å²) in [4.78, 5) is 15.8. The molecule has 0 fully saturated rings. The molecule has 0 bridgehead atoms. The van der Waals surface area contributed by atoms with Crippen molar-refractivity contribution >= 4 is 22.1 Å². The van der Waals surface area contributed by atoms with Gasteiger partial charge in [0, 0.05) is 27.8 Å². The van der Waals surface area contributed by atoms with E-state index in [0.717, 1.165) is 83.6 Å². The summed E-state index contributed by atoms with van der Waals surface area (Å²) in [6, 6.07) is 53.1. The van der Waals surface area contributed by atoms with Gasteiger partial charge in [-0.2, -0.15) is 0 Å². The van der Waals surface area contributed by atoms with Gasteiger partial charge in [0.2, 0.25) is 5.89 Å². The standard InChI is InChI=1S/C49H37N3O/c1-30-24-31(2)27-39(26-30)41-22-23-42(40-28-32(3)25-33(4)29-40)48-47(41)51-45(36-10-6-5-7-11-36)46(52-48)37-18-14-34(15-19-37)35-16-20-38(21-17-35)49-50-43-12-8-9-13-44(43)53-49/h5-29H,1-4H3. The lowest BCUT2D eigenvalue weighted by molar-refractivity contribution is 0.620. The highest BCUT2D eigenvalue weighted by Crippen LogP contribution is 2.40. The number of benzene rings is 7. The van der Waals surface area contributed by atoms with Crippen molar-refractivity contribution in [3.63, 3.8) is 0 Å². The van der Waals surface area contributed by atoms with Gasteiger partial charge in [0.25, 0.3) is 0 Å². The third-order valence-electron chi connectivity index (χ3n) is 9.85. The molecule has 2 heterocycles. The van der Waals surface area contributed by atoms with Crippen LogP contribution in [0.15, 0.2) is 156 Å². The second-order valence-corrected chi connectivity index (χ2v) is 14.0. The molecule has 9 aromatic rings. The quantitative estimate of drug-likeness (QED) is 0.175. The lowest BCUT2D eigenvalue weighted by Gasteiger charge is -2.17. The molecule has 4 nitrogen and oxygen atoms in total. The lowest BCUT2D eigenvalue weighted by Crippen LogP contribution is -1.99. The van der Waals surface area contributed by atoms with Crippen molar-refractivity contribution in [3.05, 3.63) is 174 Å². The summed E-state index contributed by atoms with van der Waals surface area (Å²) in [5.41, 5.74) is 19.7. The Morgan fingerprint density at radius 2 is 0.792 bits per heavy atom. The van der Waals surface area contributed by atoms with E-state index < -0.39 is 0 Å². The van der Waals surface area contributed by atoms with Crippen LogP contribution in [-0.4, -0.2) is 15.0 Å². The summed E-state index contributed by atoms with van der Waals surface area (Å²) >= 11 is 0. The molecular formula is C49H37N3O. The topological polar surface area (TPSA) is 51.8 Å². The molecule has 0 radical (unpaired) electrons. The van der Waals surface area contributed by atoms with Crippen LogP contribution in [0, 0.1) is 27.7 Å². The summed E-state index contributed by atoms with van der Waals surface area (Å²) in [7, 11) is 0. The number of nitrogens with zero attached hydrogens (tertiary/aromatic N) is 3. The molecule has 254 valence electrons. The van der Waals surface area contributed by atoms with Gasteiger partial charge < -0.3 is 4.42 Å². The molecule has 53 heavy (non-hydrogen) atoms. The molecule has 0 atom stereocenters. The molecule has 0 spiro atoms. The summed E-state index contributed by atoms with van der Waals surface area (Å²) < 4.78 is 6.01. The fraction of sp³-hybridized carbons (Fsp3) is 0.0816. The first kappa shape index (κ1) is 32.3. The van der Waals surface area contributed by atoms with Gasteiger partial charge in [-0.25, -0.2) is 15.0 Å². The zero-order valence-corrected chi connectivity index (χ0v) is 30.2. The van der Waals surface area contributed by atoms with Crippen LogP contribution in [-0.2, 0) is 0 Å². The summed E-state index contributed by atoms with van der Waals surface area (Å²) in [5.74, 6) is 0.623. The van der Waals surface area contributed by atoms with Crippen molar-refractivity contribution < 1.29 is 4.42 Å². The van der Waals surface area contributed by atoms with Crippen LogP contribution >= 0.6 is 0 Å². The van der Waals surface area contributed by atoms with Crippen LogP contribution in [0.1, 0.15) is 22.3 Å². The molecule has 0 aliphatic carbocycles. The largest absolute Gasteiger partial charge is 0.436 e. The number of para-hydroxylation sites is 2. The van der Waals surface area contributed by atoms with Crippen molar-refractivity contribution in [2.45, 2.75) is 27.7 Å². The highest BCUT2D eigenvalue weighted by Gasteiger charge is 2.20. The van der Waals surface area contributed by atoms with E-state index in [0.29, 0.717) is 5.89 Å². The van der Waals surface area contributed by atoms with Gasteiger partial charge in [-0.3, -0.25) is 0 Å². The van der Waals surface area contributed by atoms with Gasteiger partial charge in [-0.15, -0.1) is 0 Å². The van der Waals surface area contributed by atoms with E-state index >= 15 is 0 Å². The predicted molar refractivity (Wildman–Crippen MR) is 219 cm³/mol. The Morgan fingerprint density at radius 3 is 1.30 bits per heavy atom. The lowest BCUT2D eigenvalue weighted by atomic mass is 9.93. The molecule has 0 aliphatic rings. The van der Waals surface area contributed by atoms with Gasteiger partial charge in [0.15, 0.2) is 5.58 Å². The second-order valence-electron chi connectivity index (χ2n) is 14.0. The van der Waals surface area contributed by atoms with E-state index in [1.807, 2.05) is 30.3 Å². The number of aromatic nitrogens is 3. The third kappa shape index (κ3) is 6.19. The molecule has 0 amide bonds. The van der Waals surface area contributed by atoms with Gasteiger partial charge in [-0.1, -0.05) is 150 Å². The van der Waals surface area contributed by atoms with Crippen LogP contribution in [0.2, 0.25) is 0 Å². The SMILES string of the molecule is Cc1cc(C)cc(-c2ccc(-c3cc(C)cc(C)c3)c3nc(-c4ccc(-c5ccc(-c6nc7ccccc7o6)cc5)cc4)c(-c4ccccc4)nc23)c1. The average molecular weight is 684 g/mol. The van der Waals surface area contributed by atoms with Crippen LogP contribution < -0.4 is 0 Å². The maximum absolute atomic E-state index is 6.01. The Bertz CT molecular complexity index is 2720. The van der Waals surface area contributed by atoms with Gasteiger partial charge in [0.1, 0.15) is 5.52 Å². The fourth-order valence-corrected chi connectivity index (χ4v) is 7.48. The van der Waals surface area contributed by atoms with E-state index in [1.54, 1.807) is 0 Å². The van der Waals surface area contributed by atoms with E-state index in [9.17, 15) is 0 Å². The fourth-order valence-electron chi connectivity index (χ4n) is 7.48. The highest BCUT2D eigenvalue weighted by molar-refractivity contribution is 6.03. The number of fused-ring (bicyclic) bond motifs is 2. The maximum atomic E-state index is 6.01. The second kappa shape index (κ2) is 13.2. The molecule has 0 saturated carbocycles. The molecule has 0 aliphatic heterocycles. The monoisotopic (exact) mass is 683 g/mol. The normalized spacial score (nSPS) is 11.4. The minimum Gasteiger partial charge on any atom is -0.436 e. The molecule has 0 saturated heterocycles. The van der Waals surface area contributed by atoms with Crippen LogP contribution in [0.4, 0.5) is 0 Å². The number of rotatable bonds is 6. The minimum absolute atomic E-state index is 0.623. The number of aryl methyl sites for hydroxylation is 4. The molecular weight excluding hydrogens is 647 g/mol. The Morgan fingerprint density at radius 1 is 0.358 bits per heavy atom. The molecule has 0 unspecified atom stereocenters. The maximum Gasteiger partial charge on any atom is 0.227 e. The van der Waals surface area contributed by atoms with Crippen LogP contribution in [0.5, 0.6) is 0 Å². The number of hydrogen-bond donors (Lipinski definition) is 0. The first-order chi connectivity index (χ1) is 25.9. The zero-order valence-electron chi connectivity index (χ0n) is 30.2. The zero-order chi connectivity index (χ0) is 36.1. The first-order valence-electron chi connectivity index (χ1n) is 18.0. The molecule has 2 aromatic heterocycles. The van der Waals surface area contributed by atoms with Crippen molar-refractivity contribution in [2.24, 2.45) is 0 Å². The van der Waals surface area contributed by atoms with E-state index in [2.05, 4.69) is 154 Å². The number of oxazole rings is 1. The van der Waals surface area contributed by atoms with Crippen molar-refractivity contribution in [1.82, 2.24) is 15.0 Å². The number of hydrogen-bond acceptors (Lipinski definition) is 4. The summed E-state index contributed by atoms with van der Waals surface area (Å²) in [5, 5.41) is 0. The van der Waals surface area contributed by atoms with E-state index in [4.69, 9.17) is 14.4 Å². The Kier molecular flexibility index (Phi) is 8.01. The van der Waals surface area contributed by atoms with Gasteiger partial charge in [-0.05, 0) is 74.2 Å². The molecule has 7 aromatic carbocycles. The summed E-state index contributed by atoms with van der Waals surface area (Å²) in [6.07, 6.45) is 0. The summed E-state index contributed by atoms with van der Waals surface area (Å²) in [6.45, 7) is 8.60. The average Bonchev–Trinajstić information content (AvgIpc) is 3.61. The predicted octanol–water partition coefficient (Wildman–Crippen LogP) is 13.0. The molecule has 4 heteroatoms. The Labute approximate surface area is 309 Å². The molecule has 0 N–H and O–H groups in total. The van der Waals surface area contributed by atoms with Gasteiger partial charge in [0.05, 0.1) is 22.4 Å². The first-order valence-corrected chi connectivity index (χ1v) is 18.0. The molecule has 9 rings (SSSR count). The van der Waals surface area contributed by atoms with E-state index in [1.165, 1.54) is 22.3 Å². The van der Waals surface area contributed by atoms with Gasteiger partial charge >= 0.3 is 0 Å². The minimum atomic E-state index is 0.623. The smallest absolute Gasteiger partial charge is 0.227 e. The Hall–Kier alpha value is -6.65. The van der Waals surface area contributed by atoms with E-state index in [-0.39, 0.29) is 0 Å². The third-order valence-corrected chi connectivity index (χ3v) is 9.85. The van der Waals surface area contributed by atoms with Crippen molar-refractivity contribution in [1.29, 1.82) is 0 Å². The van der Waals surface area contributed by atoms with Crippen molar-refractivity contribution in [2.75, 3.05) is 0 Å². The van der Waals surface area contributed by atoms with Crippen LogP contribution in [0.25, 0.3) is 89.5 Å². The van der Waals surface area contributed by atoms with Crippen molar-refractivity contribution in [3.8, 4) is 67.3 Å². The Balaban J connectivity index is 1.19.